The SMILES string of the molecule is CCCc1ccc2c(c1)NNN2.CCc1ccn2nc(-c3ccccn3)nc(Nc3ccncc3F)c12. The molecule has 4 N–H and O–H groups in total. The average Bonchev–Trinajstić information content (AvgIpc) is 3.58. The second kappa shape index (κ2) is 11.0. The lowest BCUT2D eigenvalue weighted by Crippen LogP contribution is -2.19. The summed E-state index contributed by atoms with van der Waals surface area (Å²) in [6, 6.07) is 15.5. The molecule has 10 heteroatoms. The van der Waals surface area contributed by atoms with E-state index in [2.05, 4.69) is 73.8 Å². The van der Waals surface area contributed by atoms with Crippen molar-refractivity contribution in [3.63, 3.8) is 0 Å². The number of aryl methyl sites for hydroxylation is 2. The first-order valence-corrected chi connectivity index (χ1v) is 12.2. The van der Waals surface area contributed by atoms with Gasteiger partial charge in [-0.2, -0.15) is 0 Å². The Morgan fingerprint density at radius 2 is 1.89 bits per heavy atom. The van der Waals surface area contributed by atoms with Gasteiger partial charge in [0.2, 0.25) is 5.82 Å². The number of hydrazine groups is 2. The number of halogens is 1. The molecule has 0 saturated carbocycles. The Kier molecular flexibility index (Phi) is 7.18. The standard InChI is InChI=1S/C18H15FN6.C9H13N3/c1-2-12-7-10-25-16(12)18(22-14-6-9-20-11-13(14)19)23-17(24-25)15-5-3-4-8-21-15;1-2-3-7-4-5-8-9(6-7)11-12-10-8/h3-11H,2H2,1H3,(H,20,22,23,24);4-6,10-12H,2-3H2,1H3. The molecule has 0 bridgehead atoms. The number of nitrogens with zero attached hydrogens (tertiary/aromatic N) is 5. The summed E-state index contributed by atoms with van der Waals surface area (Å²) in [5.41, 5.74) is 15.4. The molecular weight excluding hydrogens is 469 g/mol. The van der Waals surface area contributed by atoms with E-state index in [1.54, 1.807) is 16.8 Å². The summed E-state index contributed by atoms with van der Waals surface area (Å²) in [4.78, 5) is 12.7. The molecule has 0 spiro atoms. The lowest BCUT2D eigenvalue weighted by Gasteiger charge is -2.11. The summed E-state index contributed by atoms with van der Waals surface area (Å²) in [6.07, 6.45) is 9.41. The van der Waals surface area contributed by atoms with Gasteiger partial charge in [-0.15, -0.1) is 10.6 Å². The lowest BCUT2D eigenvalue weighted by atomic mass is 10.1. The number of hydrogen-bond donors (Lipinski definition) is 4. The van der Waals surface area contributed by atoms with E-state index in [0.29, 0.717) is 23.0 Å². The minimum atomic E-state index is -0.441. The van der Waals surface area contributed by atoms with Crippen LogP contribution in [0, 0.1) is 5.82 Å². The Hall–Kier alpha value is -4.57. The highest BCUT2D eigenvalue weighted by Gasteiger charge is 2.15. The summed E-state index contributed by atoms with van der Waals surface area (Å²) < 4.78 is 15.8. The first-order chi connectivity index (χ1) is 18.2. The van der Waals surface area contributed by atoms with Gasteiger partial charge in [-0.3, -0.25) is 9.97 Å². The number of aromatic nitrogens is 5. The molecule has 0 saturated heterocycles. The zero-order valence-electron chi connectivity index (χ0n) is 20.7. The molecule has 1 aliphatic heterocycles. The molecule has 0 radical (unpaired) electrons. The van der Waals surface area contributed by atoms with E-state index in [9.17, 15) is 4.39 Å². The largest absolute Gasteiger partial charge is 0.336 e. The predicted molar refractivity (Wildman–Crippen MR) is 144 cm³/mol. The van der Waals surface area contributed by atoms with Crippen molar-refractivity contribution in [1.82, 2.24) is 30.1 Å². The zero-order valence-corrected chi connectivity index (χ0v) is 20.7. The van der Waals surface area contributed by atoms with E-state index in [1.165, 1.54) is 24.4 Å². The van der Waals surface area contributed by atoms with Gasteiger partial charge in [0, 0.05) is 18.6 Å². The maximum absolute atomic E-state index is 14.0. The van der Waals surface area contributed by atoms with Crippen LogP contribution >= 0.6 is 0 Å². The molecule has 5 heterocycles. The molecule has 5 aromatic rings. The number of anilines is 4. The Balaban J connectivity index is 0.000000195. The summed E-state index contributed by atoms with van der Waals surface area (Å²) >= 11 is 0. The first kappa shape index (κ1) is 24.1. The van der Waals surface area contributed by atoms with Crippen molar-refractivity contribution in [2.75, 3.05) is 16.2 Å². The molecule has 6 rings (SSSR count). The van der Waals surface area contributed by atoms with E-state index < -0.39 is 5.82 Å². The van der Waals surface area contributed by atoms with Crippen LogP contribution in [0.2, 0.25) is 0 Å². The Labute approximate surface area is 214 Å². The van der Waals surface area contributed by atoms with Gasteiger partial charge in [0.1, 0.15) is 11.2 Å². The average molecular weight is 498 g/mol. The van der Waals surface area contributed by atoms with Gasteiger partial charge in [-0.1, -0.05) is 32.4 Å². The van der Waals surface area contributed by atoms with Crippen LogP contribution in [0.25, 0.3) is 17.0 Å². The van der Waals surface area contributed by atoms with Gasteiger partial charge >= 0.3 is 0 Å². The fourth-order valence-electron chi connectivity index (χ4n) is 4.08. The van der Waals surface area contributed by atoms with Crippen molar-refractivity contribution in [3.8, 4) is 11.5 Å². The van der Waals surface area contributed by atoms with Gasteiger partial charge in [0.25, 0.3) is 0 Å². The highest BCUT2D eigenvalue weighted by atomic mass is 19.1. The van der Waals surface area contributed by atoms with Crippen LogP contribution in [0.4, 0.5) is 27.3 Å². The van der Waals surface area contributed by atoms with Crippen LogP contribution < -0.4 is 21.7 Å². The molecule has 0 unspecified atom stereocenters. The van der Waals surface area contributed by atoms with E-state index in [4.69, 9.17) is 0 Å². The van der Waals surface area contributed by atoms with Gasteiger partial charge in [-0.25, -0.2) is 13.9 Å². The third kappa shape index (κ3) is 5.34. The van der Waals surface area contributed by atoms with Crippen molar-refractivity contribution >= 4 is 28.4 Å². The lowest BCUT2D eigenvalue weighted by molar-refractivity contribution is 0.625. The van der Waals surface area contributed by atoms with Crippen LogP contribution in [0.15, 0.2) is 73.3 Å². The molecule has 9 nitrogen and oxygen atoms in total. The highest BCUT2D eigenvalue weighted by molar-refractivity contribution is 5.78. The van der Waals surface area contributed by atoms with Crippen LogP contribution in [0.1, 0.15) is 31.4 Å². The third-order valence-corrected chi connectivity index (χ3v) is 5.91. The topological polar surface area (TPSA) is 104 Å². The van der Waals surface area contributed by atoms with Crippen LogP contribution in [-0.2, 0) is 12.8 Å². The predicted octanol–water partition coefficient (Wildman–Crippen LogP) is 5.53. The summed E-state index contributed by atoms with van der Waals surface area (Å²) in [7, 11) is 0. The maximum Gasteiger partial charge on any atom is 0.200 e. The molecule has 1 aliphatic rings. The van der Waals surface area contributed by atoms with Crippen molar-refractivity contribution < 1.29 is 4.39 Å². The smallest absolute Gasteiger partial charge is 0.200 e. The second-order valence-electron chi connectivity index (χ2n) is 8.47. The quantitative estimate of drug-likeness (QED) is 0.243. The monoisotopic (exact) mass is 497 g/mol. The van der Waals surface area contributed by atoms with Gasteiger partial charge < -0.3 is 16.2 Å². The normalized spacial score (nSPS) is 11.8. The van der Waals surface area contributed by atoms with Gasteiger partial charge in [-0.05, 0) is 60.4 Å². The molecule has 37 heavy (non-hydrogen) atoms. The molecule has 0 atom stereocenters. The minimum absolute atomic E-state index is 0.311. The molecule has 0 aliphatic carbocycles. The molecule has 188 valence electrons. The fraction of sp³-hybridized carbons (Fsp3) is 0.185. The van der Waals surface area contributed by atoms with E-state index in [-0.39, 0.29) is 0 Å². The van der Waals surface area contributed by atoms with Gasteiger partial charge in [0.05, 0.1) is 23.3 Å². The molecule has 4 aromatic heterocycles. The Morgan fingerprint density at radius 1 is 1.00 bits per heavy atom. The van der Waals surface area contributed by atoms with Crippen LogP contribution in [0.3, 0.4) is 0 Å². The van der Waals surface area contributed by atoms with E-state index in [1.807, 2.05) is 30.5 Å². The number of pyridine rings is 2. The Bertz CT molecular complexity index is 1500. The van der Waals surface area contributed by atoms with Crippen molar-refractivity contribution in [1.29, 1.82) is 0 Å². The summed E-state index contributed by atoms with van der Waals surface area (Å²) in [5.74, 6) is 0.550. The van der Waals surface area contributed by atoms with Crippen molar-refractivity contribution in [3.05, 3.63) is 90.3 Å². The van der Waals surface area contributed by atoms with Gasteiger partial charge in [0.15, 0.2) is 11.6 Å². The number of rotatable bonds is 6. The third-order valence-electron chi connectivity index (χ3n) is 5.91. The fourth-order valence-corrected chi connectivity index (χ4v) is 4.08. The molecular formula is C27H28FN9. The van der Waals surface area contributed by atoms with Crippen LogP contribution in [-0.4, -0.2) is 24.6 Å². The maximum atomic E-state index is 14.0. The minimum Gasteiger partial charge on any atom is -0.336 e. The molecule has 1 aromatic carbocycles. The van der Waals surface area contributed by atoms with E-state index in [0.717, 1.165) is 35.3 Å². The Morgan fingerprint density at radius 3 is 2.68 bits per heavy atom. The number of fused-ring (bicyclic) bond motifs is 2. The first-order valence-electron chi connectivity index (χ1n) is 12.2. The summed E-state index contributed by atoms with van der Waals surface area (Å²) in [5, 5.41) is 7.61. The number of hydrogen-bond acceptors (Lipinski definition) is 8. The van der Waals surface area contributed by atoms with Crippen molar-refractivity contribution in [2.45, 2.75) is 33.1 Å². The molecule has 0 fully saturated rings. The van der Waals surface area contributed by atoms with E-state index >= 15 is 0 Å². The number of benzene rings is 1. The van der Waals surface area contributed by atoms with Crippen LogP contribution in [0.5, 0.6) is 0 Å². The second-order valence-corrected chi connectivity index (χ2v) is 8.47. The highest BCUT2D eigenvalue weighted by Crippen LogP contribution is 2.27. The molecule has 0 amide bonds. The summed E-state index contributed by atoms with van der Waals surface area (Å²) in [6.45, 7) is 4.25. The zero-order chi connectivity index (χ0) is 25.6. The number of nitrogens with one attached hydrogen (secondary N) is 4. The van der Waals surface area contributed by atoms with Crippen molar-refractivity contribution in [2.24, 2.45) is 0 Å².